The lowest BCUT2D eigenvalue weighted by Gasteiger charge is -2.16. The van der Waals surface area contributed by atoms with Gasteiger partial charge in [0.1, 0.15) is 11.9 Å². The highest BCUT2D eigenvalue weighted by atomic mass is 16.5. The van der Waals surface area contributed by atoms with Crippen LogP contribution in [0.2, 0.25) is 0 Å². The van der Waals surface area contributed by atoms with Crippen LogP contribution in [0.1, 0.15) is 22.5 Å². The highest BCUT2D eigenvalue weighted by molar-refractivity contribution is 5.79. The smallest absolute Gasteiger partial charge is 0.191 e. The Kier molecular flexibility index (Phi) is 5.51. The predicted octanol–water partition coefficient (Wildman–Crippen LogP) is 3.16. The number of aromatic nitrogens is 2. The van der Waals surface area contributed by atoms with Crippen LogP contribution >= 0.6 is 0 Å². The second kappa shape index (κ2) is 8.39. The van der Waals surface area contributed by atoms with Gasteiger partial charge in [-0.15, -0.1) is 0 Å². The van der Waals surface area contributed by atoms with E-state index >= 15 is 0 Å². The Labute approximate surface area is 171 Å². The van der Waals surface area contributed by atoms with Crippen molar-refractivity contribution in [1.82, 2.24) is 20.4 Å². The molecule has 2 N–H and O–H groups in total. The highest BCUT2D eigenvalue weighted by Crippen LogP contribution is 2.27. The standard InChI is InChI=1S/C23H27N5O/c1-16-21(17(2)28(27-16)19-10-5-4-6-11-19)15-26-23(24-3)25-14-20-13-18-9-7-8-12-22(18)29-20/h4-12,20H,13-15H2,1-3H3,(H2,24,25,26). The van der Waals surface area contributed by atoms with Crippen LogP contribution in [0.3, 0.4) is 0 Å². The Morgan fingerprint density at radius 1 is 1.10 bits per heavy atom. The lowest BCUT2D eigenvalue weighted by Crippen LogP contribution is -2.42. The molecule has 1 aliphatic rings. The van der Waals surface area contributed by atoms with Crippen molar-refractivity contribution in [1.29, 1.82) is 0 Å². The summed E-state index contributed by atoms with van der Waals surface area (Å²) in [6, 6.07) is 18.4. The molecule has 29 heavy (non-hydrogen) atoms. The summed E-state index contributed by atoms with van der Waals surface area (Å²) >= 11 is 0. The third-order valence-corrected chi connectivity index (χ3v) is 5.31. The molecule has 2 aromatic carbocycles. The first-order chi connectivity index (χ1) is 14.2. The minimum Gasteiger partial charge on any atom is -0.488 e. The van der Waals surface area contributed by atoms with Crippen molar-refractivity contribution in [3.8, 4) is 11.4 Å². The number of hydrogen-bond acceptors (Lipinski definition) is 3. The minimum atomic E-state index is 0.121. The van der Waals surface area contributed by atoms with Crippen molar-refractivity contribution in [2.75, 3.05) is 13.6 Å². The summed E-state index contributed by atoms with van der Waals surface area (Å²) in [5.41, 5.74) is 5.66. The van der Waals surface area contributed by atoms with Crippen LogP contribution in [0.15, 0.2) is 59.6 Å². The fourth-order valence-corrected chi connectivity index (χ4v) is 3.72. The van der Waals surface area contributed by atoms with Gasteiger partial charge in [0.05, 0.1) is 17.9 Å². The molecular weight excluding hydrogens is 362 g/mol. The van der Waals surface area contributed by atoms with E-state index in [9.17, 15) is 0 Å². The van der Waals surface area contributed by atoms with E-state index in [0.29, 0.717) is 13.1 Å². The van der Waals surface area contributed by atoms with Gasteiger partial charge >= 0.3 is 0 Å². The molecule has 6 nitrogen and oxygen atoms in total. The first-order valence-corrected chi connectivity index (χ1v) is 9.95. The zero-order valence-corrected chi connectivity index (χ0v) is 17.1. The number of para-hydroxylation sites is 2. The predicted molar refractivity (Wildman–Crippen MR) is 116 cm³/mol. The zero-order valence-electron chi connectivity index (χ0n) is 17.1. The molecule has 3 aromatic rings. The van der Waals surface area contributed by atoms with Gasteiger partial charge in [0, 0.05) is 31.3 Å². The van der Waals surface area contributed by atoms with Crippen molar-refractivity contribution < 1.29 is 4.74 Å². The fraction of sp³-hybridized carbons (Fsp3) is 0.304. The highest BCUT2D eigenvalue weighted by Gasteiger charge is 2.22. The molecule has 0 fully saturated rings. The first kappa shape index (κ1) is 19.1. The number of guanidine groups is 1. The van der Waals surface area contributed by atoms with Gasteiger partial charge in [-0.25, -0.2) is 4.68 Å². The number of nitrogens with one attached hydrogen (secondary N) is 2. The number of nitrogens with zero attached hydrogens (tertiary/aromatic N) is 3. The molecule has 0 spiro atoms. The van der Waals surface area contributed by atoms with Gasteiger partial charge in [0.2, 0.25) is 0 Å². The van der Waals surface area contributed by atoms with Crippen LogP contribution in [0.5, 0.6) is 5.75 Å². The second-order valence-electron chi connectivity index (χ2n) is 7.26. The van der Waals surface area contributed by atoms with Gasteiger partial charge < -0.3 is 15.4 Å². The van der Waals surface area contributed by atoms with Crippen LogP contribution in [0.25, 0.3) is 5.69 Å². The number of hydrogen-bond donors (Lipinski definition) is 2. The summed E-state index contributed by atoms with van der Waals surface area (Å²) in [6.07, 6.45) is 1.04. The molecule has 1 aromatic heterocycles. The summed E-state index contributed by atoms with van der Waals surface area (Å²) in [5, 5.41) is 11.5. The van der Waals surface area contributed by atoms with Gasteiger partial charge in [-0.2, -0.15) is 5.10 Å². The van der Waals surface area contributed by atoms with Gasteiger partial charge in [0.15, 0.2) is 5.96 Å². The Balaban J connectivity index is 1.35. The Morgan fingerprint density at radius 3 is 2.62 bits per heavy atom. The summed E-state index contributed by atoms with van der Waals surface area (Å²) < 4.78 is 7.99. The molecule has 0 bridgehead atoms. The van der Waals surface area contributed by atoms with Crippen LogP contribution in [0, 0.1) is 13.8 Å². The van der Waals surface area contributed by atoms with E-state index in [4.69, 9.17) is 9.84 Å². The summed E-state index contributed by atoms with van der Waals surface area (Å²) in [7, 11) is 1.78. The van der Waals surface area contributed by atoms with E-state index in [1.165, 1.54) is 11.1 Å². The Hall–Kier alpha value is -3.28. The molecule has 1 unspecified atom stereocenters. The maximum absolute atomic E-state index is 6.00. The number of rotatable bonds is 5. The summed E-state index contributed by atoms with van der Waals surface area (Å²) in [6.45, 7) is 5.51. The molecule has 0 saturated carbocycles. The van der Waals surface area contributed by atoms with E-state index in [1.54, 1.807) is 7.05 Å². The van der Waals surface area contributed by atoms with Gasteiger partial charge in [0.25, 0.3) is 0 Å². The lowest BCUT2D eigenvalue weighted by molar-refractivity contribution is 0.235. The number of benzene rings is 2. The second-order valence-corrected chi connectivity index (χ2v) is 7.26. The third-order valence-electron chi connectivity index (χ3n) is 5.31. The van der Waals surface area contributed by atoms with Crippen LogP contribution in [-0.2, 0) is 13.0 Å². The van der Waals surface area contributed by atoms with E-state index in [2.05, 4.69) is 46.8 Å². The molecule has 4 rings (SSSR count). The molecule has 1 aliphatic heterocycles. The normalized spacial score (nSPS) is 15.7. The molecule has 2 heterocycles. The first-order valence-electron chi connectivity index (χ1n) is 9.95. The van der Waals surface area contributed by atoms with Crippen molar-refractivity contribution in [2.24, 2.45) is 4.99 Å². The molecule has 0 saturated heterocycles. The third kappa shape index (κ3) is 4.11. The molecule has 0 radical (unpaired) electrons. The van der Waals surface area contributed by atoms with Crippen molar-refractivity contribution >= 4 is 5.96 Å². The van der Waals surface area contributed by atoms with Gasteiger partial charge in [-0.1, -0.05) is 36.4 Å². The SMILES string of the molecule is CN=C(NCc1c(C)nn(-c2ccccc2)c1C)NCC1Cc2ccccc2O1. The molecule has 1 atom stereocenters. The van der Waals surface area contributed by atoms with Crippen LogP contribution in [0.4, 0.5) is 0 Å². The lowest BCUT2D eigenvalue weighted by atomic mass is 10.1. The molecule has 0 aliphatic carbocycles. The number of ether oxygens (including phenoxy) is 1. The largest absolute Gasteiger partial charge is 0.488 e. The minimum absolute atomic E-state index is 0.121. The summed E-state index contributed by atoms with van der Waals surface area (Å²) in [4.78, 5) is 4.35. The molecular formula is C23H27N5O. The van der Waals surface area contributed by atoms with Crippen molar-refractivity contribution in [3.63, 3.8) is 0 Å². The van der Waals surface area contributed by atoms with Crippen LogP contribution in [-0.4, -0.2) is 35.4 Å². The Morgan fingerprint density at radius 2 is 1.86 bits per heavy atom. The van der Waals surface area contributed by atoms with Gasteiger partial charge in [-0.3, -0.25) is 4.99 Å². The van der Waals surface area contributed by atoms with E-state index in [0.717, 1.165) is 35.2 Å². The average molecular weight is 390 g/mol. The average Bonchev–Trinajstić information content (AvgIpc) is 3.29. The van der Waals surface area contributed by atoms with Gasteiger partial charge in [-0.05, 0) is 37.6 Å². The number of fused-ring (bicyclic) bond motifs is 1. The van der Waals surface area contributed by atoms with E-state index in [1.807, 2.05) is 41.9 Å². The quantitative estimate of drug-likeness (QED) is 0.520. The van der Waals surface area contributed by atoms with Crippen LogP contribution < -0.4 is 15.4 Å². The van der Waals surface area contributed by atoms with E-state index < -0.39 is 0 Å². The topological polar surface area (TPSA) is 63.5 Å². The maximum Gasteiger partial charge on any atom is 0.191 e. The van der Waals surface area contributed by atoms with Crippen molar-refractivity contribution in [2.45, 2.75) is 32.9 Å². The fourth-order valence-electron chi connectivity index (χ4n) is 3.72. The maximum atomic E-state index is 6.00. The summed E-state index contributed by atoms with van der Waals surface area (Å²) in [5.74, 6) is 1.75. The molecule has 150 valence electrons. The zero-order chi connectivity index (χ0) is 20.2. The number of aliphatic imine (C=N–C) groups is 1. The molecule has 0 amide bonds. The molecule has 6 heteroatoms. The van der Waals surface area contributed by atoms with Crippen molar-refractivity contribution in [3.05, 3.63) is 77.1 Å². The monoisotopic (exact) mass is 389 g/mol. The number of aryl methyl sites for hydroxylation is 1. The Bertz CT molecular complexity index is 984. The van der Waals surface area contributed by atoms with E-state index in [-0.39, 0.29) is 6.10 Å².